The molecule has 1 heterocycles. The van der Waals surface area contributed by atoms with Crippen molar-refractivity contribution in [3.8, 4) is 17.6 Å². The highest BCUT2D eigenvalue weighted by molar-refractivity contribution is 6.36. The third kappa shape index (κ3) is 5.04. The number of carbonyl (C=O) groups is 1. The van der Waals surface area contributed by atoms with Gasteiger partial charge in [0, 0.05) is 27.2 Å². The molecule has 0 spiro atoms. The summed E-state index contributed by atoms with van der Waals surface area (Å²) < 4.78 is 11.5. The summed E-state index contributed by atoms with van der Waals surface area (Å²) >= 11 is 12.9. The molecule has 5 nitrogen and oxygen atoms in total. The highest BCUT2D eigenvalue weighted by atomic mass is 35.5. The van der Waals surface area contributed by atoms with Crippen molar-refractivity contribution in [1.29, 1.82) is 5.26 Å². The Bertz CT molecular complexity index is 1130. The molecule has 0 saturated heterocycles. The zero-order valence-corrected chi connectivity index (χ0v) is 20.7. The van der Waals surface area contributed by atoms with Gasteiger partial charge >= 0.3 is 5.97 Å². The second-order valence-electron chi connectivity index (χ2n) is 9.04. The molecule has 0 amide bonds. The Morgan fingerprint density at radius 1 is 1.18 bits per heavy atom. The van der Waals surface area contributed by atoms with Gasteiger partial charge in [0.15, 0.2) is 0 Å². The van der Waals surface area contributed by atoms with E-state index in [-0.39, 0.29) is 23.3 Å². The smallest absolute Gasteiger partial charge is 0.314 e. The van der Waals surface area contributed by atoms with Crippen LogP contribution in [-0.4, -0.2) is 5.97 Å². The summed E-state index contributed by atoms with van der Waals surface area (Å²) in [6.07, 6.45) is 7.58. The predicted octanol–water partition coefficient (Wildman–Crippen LogP) is 7.11. The Morgan fingerprint density at radius 2 is 1.88 bits per heavy atom. The number of benzene rings is 2. The summed E-state index contributed by atoms with van der Waals surface area (Å²) in [5.41, 5.74) is 7.58. The van der Waals surface area contributed by atoms with Gasteiger partial charge in [-0.3, -0.25) is 4.79 Å². The number of unbranched alkanes of at least 4 members (excludes halogenated alkanes) is 1. The lowest BCUT2D eigenvalue weighted by atomic mass is 9.80. The van der Waals surface area contributed by atoms with Crippen molar-refractivity contribution >= 4 is 29.2 Å². The summed E-state index contributed by atoms with van der Waals surface area (Å²) in [6, 6.07) is 12.4. The number of nitriles is 1. The summed E-state index contributed by atoms with van der Waals surface area (Å²) in [4.78, 5) is 12.8. The first-order chi connectivity index (χ1) is 16.4. The van der Waals surface area contributed by atoms with E-state index in [0.29, 0.717) is 32.7 Å². The average Bonchev–Trinajstić information content (AvgIpc) is 2.82. The maximum atomic E-state index is 12.8. The normalized spacial score (nSPS) is 21.9. The van der Waals surface area contributed by atoms with Crippen molar-refractivity contribution in [3.05, 3.63) is 69.0 Å². The van der Waals surface area contributed by atoms with Crippen LogP contribution in [0.4, 0.5) is 0 Å². The number of nitrogens with two attached hydrogens (primary N) is 1. The van der Waals surface area contributed by atoms with Gasteiger partial charge in [-0.2, -0.15) is 5.26 Å². The molecule has 1 fully saturated rings. The number of carbonyl (C=O) groups excluding carboxylic acids is 1. The SMILES string of the molecule is CCCCC1CCC(C(=O)Oc2ccc3c(c2)OC(N)=C(C#N)C3c2c(Cl)cccc2Cl)CC1. The molecule has 2 aromatic rings. The Morgan fingerprint density at radius 3 is 2.53 bits per heavy atom. The first kappa shape index (κ1) is 24.4. The first-order valence-electron chi connectivity index (χ1n) is 11.8. The number of hydrogen-bond donors (Lipinski definition) is 1. The minimum Gasteiger partial charge on any atom is -0.440 e. The minimum atomic E-state index is -0.585. The molecule has 1 aliphatic carbocycles. The third-order valence-corrected chi connectivity index (χ3v) is 7.50. The molecule has 0 aromatic heterocycles. The monoisotopic (exact) mass is 498 g/mol. The van der Waals surface area contributed by atoms with Crippen LogP contribution in [0.2, 0.25) is 10.0 Å². The lowest BCUT2D eigenvalue weighted by Gasteiger charge is -2.28. The summed E-state index contributed by atoms with van der Waals surface area (Å²) in [5.74, 6) is 0.609. The Labute approximate surface area is 210 Å². The van der Waals surface area contributed by atoms with E-state index >= 15 is 0 Å². The molecule has 2 N–H and O–H groups in total. The number of fused-ring (bicyclic) bond motifs is 1. The van der Waals surface area contributed by atoms with E-state index < -0.39 is 5.92 Å². The molecule has 0 radical (unpaired) electrons. The zero-order valence-electron chi connectivity index (χ0n) is 19.2. The van der Waals surface area contributed by atoms with Gasteiger partial charge in [0.1, 0.15) is 23.1 Å². The molecule has 1 aliphatic heterocycles. The number of ether oxygens (including phenoxy) is 2. The summed E-state index contributed by atoms with van der Waals surface area (Å²) in [5, 5.41) is 10.6. The lowest BCUT2D eigenvalue weighted by Crippen LogP contribution is -2.26. The Kier molecular flexibility index (Phi) is 7.70. The van der Waals surface area contributed by atoms with Gasteiger partial charge in [-0.15, -0.1) is 0 Å². The fraction of sp³-hybridized carbons (Fsp3) is 0.407. The van der Waals surface area contributed by atoms with Crippen LogP contribution >= 0.6 is 23.2 Å². The molecule has 0 bridgehead atoms. The maximum Gasteiger partial charge on any atom is 0.314 e. The van der Waals surface area contributed by atoms with Gasteiger partial charge in [0.25, 0.3) is 0 Å². The first-order valence-corrected chi connectivity index (χ1v) is 12.6. The van der Waals surface area contributed by atoms with Crippen LogP contribution in [0.1, 0.15) is 68.9 Å². The van der Waals surface area contributed by atoms with Gasteiger partial charge < -0.3 is 15.2 Å². The van der Waals surface area contributed by atoms with Gasteiger partial charge in [-0.1, -0.05) is 61.5 Å². The average molecular weight is 499 g/mol. The molecule has 34 heavy (non-hydrogen) atoms. The Balaban J connectivity index is 1.54. The second-order valence-corrected chi connectivity index (χ2v) is 9.86. The van der Waals surface area contributed by atoms with Crippen LogP contribution in [0.5, 0.6) is 11.5 Å². The van der Waals surface area contributed by atoms with E-state index in [1.54, 1.807) is 36.4 Å². The van der Waals surface area contributed by atoms with Crippen molar-refractivity contribution < 1.29 is 14.3 Å². The van der Waals surface area contributed by atoms with Gasteiger partial charge in [-0.05, 0) is 49.8 Å². The lowest BCUT2D eigenvalue weighted by molar-refractivity contribution is -0.140. The topological polar surface area (TPSA) is 85.3 Å². The van der Waals surface area contributed by atoms with E-state index in [9.17, 15) is 10.1 Å². The molecule has 1 saturated carbocycles. The number of halogens is 2. The number of esters is 1. The molecule has 4 rings (SSSR count). The molecule has 7 heteroatoms. The molecule has 1 unspecified atom stereocenters. The third-order valence-electron chi connectivity index (χ3n) is 6.84. The summed E-state index contributed by atoms with van der Waals surface area (Å²) in [6.45, 7) is 2.21. The van der Waals surface area contributed by atoms with Gasteiger partial charge in [-0.25, -0.2) is 0 Å². The molecule has 2 aromatic carbocycles. The highest BCUT2D eigenvalue weighted by Crippen LogP contribution is 2.47. The number of hydrogen-bond acceptors (Lipinski definition) is 5. The fourth-order valence-electron chi connectivity index (χ4n) is 4.96. The van der Waals surface area contributed by atoms with E-state index in [1.807, 2.05) is 0 Å². The van der Waals surface area contributed by atoms with Crippen LogP contribution in [0.25, 0.3) is 0 Å². The van der Waals surface area contributed by atoms with Crippen LogP contribution in [0.3, 0.4) is 0 Å². The van der Waals surface area contributed by atoms with Gasteiger partial charge in [0.05, 0.1) is 11.8 Å². The summed E-state index contributed by atoms with van der Waals surface area (Å²) in [7, 11) is 0. The number of allylic oxidation sites excluding steroid dienone is 1. The minimum absolute atomic E-state index is 0.0233. The van der Waals surface area contributed by atoms with E-state index in [0.717, 1.165) is 31.6 Å². The van der Waals surface area contributed by atoms with Crippen LogP contribution in [-0.2, 0) is 4.79 Å². The molecule has 2 aliphatic rings. The standard InChI is InChI=1S/C27H28Cl2N2O3/c1-2-3-5-16-8-10-17(11-9-16)27(32)33-18-12-13-19-23(14-18)34-26(31)20(15-30)24(19)25-21(28)6-4-7-22(25)29/h4,6-7,12-14,16-17,24H,2-3,5,8-11,31H2,1H3. The van der Waals surface area contributed by atoms with Crippen molar-refractivity contribution in [1.82, 2.24) is 0 Å². The van der Waals surface area contributed by atoms with Crippen LogP contribution in [0.15, 0.2) is 47.9 Å². The Hall–Kier alpha value is -2.68. The molecule has 178 valence electrons. The zero-order chi connectivity index (χ0) is 24.2. The number of nitrogens with zero attached hydrogens (tertiary/aromatic N) is 1. The van der Waals surface area contributed by atoms with Crippen molar-refractivity contribution in [2.45, 2.75) is 57.8 Å². The molecule has 1 atom stereocenters. The highest BCUT2D eigenvalue weighted by Gasteiger charge is 2.34. The second kappa shape index (κ2) is 10.7. The molecular weight excluding hydrogens is 471 g/mol. The van der Waals surface area contributed by atoms with Gasteiger partial charge in [0.2, 0.25) is 5.88 Å². The maximum absolute atomic E-state index is 12.8. The fourth-order valence-corrected chi connectivity index (χ4v) is 5.58. The van der Waals surface area contributed by atoms with Crippen LogP contribution < -0.4 is 15.2 Å². The van der Waals surface area contributed by atoms with Crippen molar-refractivity contribution in [3.63, 3.8) is 0 Å². The van der Waals surface area contributed by atoms with E-state index in [1.165, 1.54) is 19.3 Å². The van der Waals surface area contributed by atoms with E-state index in [4.69, 9.17) is 38.4 Å². The quantitative estimate of drug-likeness (QED) is 0.338. The van der Waals surface area contributed by atoms with Crippen molar-refractivity contribution in [2.75, 3.05) is 0 Å². The number of rotatable bonds is 6. The molecular formula is C27H28Cl2N2O3. The van der Waals surface area contributed by atoms with E-state index in [2.05, 4.69) is 13.0 Å². The predicted molar refractivity (Wildman–Crippen MR) is 133 cm³/mol. The largest absolute Gasteiger partial charge is 0.440 e. The van der Waals surface area contributed by atoms with Crippen molar-refractivity contribution in [2.24, 2.45) is 17.6 Å². The van der Waals surface area contributed by atoms with Crippen LogP contribution in [0, 0.1) is 23.2 Å².